The highest BCUT2D eigenvalue weighted by Crippen LogP contribution is 2.26. The van der Waals surface area contributed by atoms with Crippen molar-refractivity contribution in [1.82, 2.24) is 5.32 Å². The molecule has 2 aromatic rings. The van der Waals surface area contributed by atoms with Crippen molar-refractivity contribution >= 4 is 16.5 Å². The number of benzene rings is 2. The van der Waals surface area contributed by atoms with Crippen LogP contribution in [0.15, 0.2) is 36.4 Å². The van der Waals surface area contributed by atoms with Gasteiger partial charge in [-0.25, -0.2) is 0 Å². The molecule has 0 saturated heterocycles. The molecule has 2 heteroatoms. The lowest BCUT2D eigenvalue weighted by molar-refractivity contribution is 0.824. The summed E-state index contributed by atoms with van der Waals surface area (Å²) >= 11 is 0. The molecular formula is C13H16N2. The van der Waals surface area contributed by atoms with E-state index in [9.17, 15) is 0 Å². The van der Waals surface area contributed by atoms with Gasteiger partial charge in [0, 0.05) is 24.7 Å². The van der Waals surface area contributed by atoms with Crippen molar-refractivity contribution in [3.63, 3.8) is 0 Å². The average Bonchev–Trinajstić information content (AvgIpc) is 2.30. The lowest BCUT2D eigenvalue weighted by Gasteiger charge is -2.10. The monoisotopic (exact) mass is 200 g/mol. The molecule has 78 valence electrons. The quantitative estimate of drug-likeness (QED) is 0.795. The first-order chi connectivity index (χ1) is 7.36. The minimum Gasteiger partial charge on any atom is -0.388 e. The summed E-state index contributed by atoms with van der Waals surface area (Å²) in [5.74, 6) is 0. The van der Waals surface area contributed by atoms with Gasteiger partial charge in [-0.05, 0) is 24.1 Å². The summed E-state index contributed by atoms with van der Waals surface area (Å²) in [6, 6.07) is 12.8. The zero-order valence-corrected chi connectivity index (χ0v) is 9.17. The number of anilines is 1. The van der Waals surface area contributed by atoms with E-state index in [0.717, 1.165) is 6.54 Å². The summed E-state index contributed by atoms with van der Waals surface area (Å²) in [5, 5.41) is 9.02. The van der Waals surface area contributed by atoms with Crippen molar-refractivity contribution in [3.05, 3.63) is 42.0 Å². The van der Waals surface area contributed by atoms with Gasteiger partial charge in [-0.3, -0.25) is 0 Å². The molecule has 0 amide bonds. The molecule has 2 aromatic carbocycles. The SMILES string of the molecule is CNCc1ccc(NC)c2ccccc12. The van der Waals surface area contributed by atoms with Gasteiger partial charge < -0.3 is 10.6 Å². The van der Waals surface area contributed by atoms with Gasteiger partial charge in [-0.2, -0.15) is 0 Å². The number of fused-ring (bicyclic) bond motifs is 1. The van der Waals surface area contributed by atoms with E-state index in [2.05, 4.69) is 47.0 Å². The molecule has 0 fully saturated rings. The van der Waals surface area contributed by atoms with Gasteiger partial charge in [0.15, 0.2) is 0 Å². The van der Waals surface area contributed by atoms with Crippen molar-refractivity contribution in [2.24, 2.45) is 0 Å². The Balaban J connectivity index is 2.66. The predicted molar refractivity (Wildman–Crippen MR) is 66.3 cm³/mol. The Morgan fingerprint density at radius 1 is 0.933 bits per heavy atom. The van der Waals surface area contributed by atoms with Crippen LogP contribution in [0.2, 0.25) is 0 Å². The summed E-state index contributed by atoms with van der Waals surface area (Å²) in [4.78, 5) is 0. The summed E-state index contributed by atoms with van der Waals surface area (Å²) < 4.78 is 0. The molecule has 2 N–H and O–H groups in total. The van der Waals surface area contributed by atoms with Gasteiger partial charge in [-0.1, -0.05) is 30.3 Å². The highest BCUT2D eigenvalue weighted by Gasteiger charge is 2.03. The molecule has 0 radical (unpaired) electrons. The maximum atomic E-state index is 3.22. The fourth-order valence-corrected chi connectivity index (χ4v) is 1.92. The molecule has 0 unspecified atom stereocenters. The molecule has 0 spiro atoms. The molecule has 0 bridgehead atoms. The second kappa shape index (κ2) is 4.32. The second-order valence-corrected chi connectivity index (χ2v) is 3.60. The Labute approximate surface area is 90.3 Å². The Morgan fingerprint density at radius 3 is 2.33 bits per heavy atom. The van der Waals surface area contributed by atoms with Gasteiger partial charge in [0.2, 0.25) is 0 Å². The van der Waals surface area contributed by atoms with Crippen molar-refractivity contribution in [2.45, 2.75) is 6.54 Å². The molecule has 15 heavy (non-hydrogen) atoms. The molecule has 2 nitrogen and oxygen atoms in total. The van der Waals surface area contributed by atoms with Gasteiger partial charge in [-0.15, -0.1) is 0 Å². The number of rotatable bonds is 3. The lowest BCUT2D eigenvalue weighted by Crippen LogP contribution is -2.05. The van der Waals surface area contributed by atoms with Gasteiger partial charge >= 0.3 is 0 Å². The third kappa shape index (κ3) is 1.81. The Morgan fingerprint density at radius 2 is 1.67 bits per heavy atom. The molecule has 0 heterocycles. The van der Waals surface area contributed by atoms with Crippen molar-refractivity contribution in [1.29, 1.82) is 0 Å². The smallest absolute Gasteiger partial charge is 0.0417 e. The van der Waals surface area contributed by atoms with Crippen molar-refractivity contribution in [3.8, 4) is 0 Å². The van der Waals surface area contributed by atoms with Crippen molar-refractivity contribution < 1.29 is 0 Å². The third-order valence-corrected chi connectivity index (χ3v) is 2.65. The molecule has 0 atom stereocenters. The highest BCUT2D eigenvalue weighted by atomic mass is 14.8. The van der Waals surface area contributed by atoms with Crippen LogP contribution in [0.4, 0.5) is 5.69 Å². The summed E-state index contributed by atoms with van der Waals surface area (Å²) in [6.07, 6.45) is 0. The van der Waals surface area contributed by atoms with E-state index in [1.54, 1.807) is 0 Å². The second-order valence-electron chi connectivity index (χ2n) is 3.60. The normalized spacial score (nSPS) is 10.5. The summed E-state index contributed by atoms with van der Waals surface area (Å²) in [5.41, 5.74) is 2.53. The van der Waals surface area contributed by atoms with Crippen LogP contribution in [0.5, 0.6) is 0 Å². The average molecular weight is 200 g/mol. The van der Waals surface area contributed by atoms with Crippen LogP contribution in [0.25, 0.3) is 10.8 Å². The number of hydrogen-bond donors (Lipinski definition) is 2. The first-order valence-electron chi connectivity index (χ1n) is 5.20. The van der Waals surface area contributed by atoms with Crippen LogP contribution in [0.1, 0.15) is 5.56 Å². The Kier molecular flexibility index (Phi) is 2.88. The Hall–Kier alpha value is -1.54. The molecule has 0 aliphatic heterocycles. The number of nitrogens with one attached hydrogen (secondary N) is 2. The van der Waals surface area contributed by atoms with E-state index >= 15 is 0 Å². The van der Waals surface area contributed by atoms with Crippen LogP contribution in [0.3, 0.4) is 0 Å². The van der Waals surface area contributed by atoms with E-state index < -0.39 is 0 Å². The minimum absolute atomic E-state index is 0.907. The topological polar surface area (TPSA) is 24.1 Å². The largest absolute Gasteiger partial charge is 0.388 e. The maximum absolute atomic E-state index is 3.22. The summed E-state index contributed by atoms with van der Waals surface area (Å²) in [7, 11) is 3.93. The van der Waals surface area contributed by atoms with Crippen LogP contribution >= 0.6 is 0 Å². The summed E-state index contributed by atoms with van der Waals surface area (Å²) in [6.45, 7) is 0.907. The molecule has 0 aliphatic rings. The maximum Gasteiger partial charge on any atom is 0.0417 e. The van der Waals surface area contributed by atoms with Crippen LogP contribution in [-0.2, 0) is 6.54 Å². The van der Waals surface area contributed by atoms with Gasteiger partial charge in [0.1, 0.15) is 0 Å². The van der Waals surface area contributed by atoms with Gasteiger partial charge in [0.25, 0.3) is 0 Å². The van der Waals surface area contributed by atoms with Crippen molar-refractivity contribution in [2.75, 3.05) is 19.4 Å². The fraction of sp³-hybridized carbons (Fsp3) is 0.231. The highest BCUT2D eigenvalue weighted by molar-refractivity contribution is 5.96. The van der Waals surface area contributed by atoms with E-state index in [-0.39, 0.29) is 0 Å². The molecule has 2 rings (SSSR count). The van der Waals surface area contributed by atoms with E-state index in [4.69, 9.17) is 0 Å². The molecule has 0 saturated carbocycles. The fourth-order valence-electron chi connectivity index (χ4n) is 1.92. The minimum atomic E-state index is 0.907. The molecular weight excluding hydrogens is 184 g/mol. The first-order valence-corrected chi connectivity index (χ1v) is 5.20. The third-order valence-electron chi connectivity index (χ3n) is 2.65. The van der Waals surface area contributed by atoms with Gasteiger partial charge in [0.05, 0.1) is 0 Å². The Bertz CT molecular complexity index is 463. The zero-order valence-electron chi connectivity index (χ0n) is 9.17. The van der Waals surface area contributed by atoms with Crippen LogP contribution in [0, 0.1) is 0 Å². The standard InChI is InChI=1S/C13H16N2/c1-14-9-10-7-8-13(15-2)12-6-4-3-5-11(10)12/h3-8,14-15H,9H2,1-2H3. The zero-order chi connectivity index (χ0) is 10.7. The number of hydrogen-bond acceptors (Lipinski definition) is 2. The lowest BCUT2D eigenvalue weighted by atomic mass is 10.0. The predicted octanol–water partition coefficient (Wildman–Crippen LogP) is 2.60. The van der Waals surface area contributed by atoms with E-state index in [1.165, 1.54) is 22.0 Å². The molecule has 0 aliphatic carbocycles. The van der Waals surface area contributed by atoms with E-state index in [1.807, 2.05) is 14.1 Å². The van der Waals surface area contributed by atoms with Crippen LogP contribution in [-0.4, -0.2) is 14.1 Å². The van der Waals surface area contributed by atoms with E-state index in [0.29, 0.717) is 0 Å². The molecule has 0 aromatic heterocycles. The van der Waals surface area contributed by atoms with Crippen LogP contribution < -0.4 is 10.6 Å². The first kappa shape index (κ1) is 9.99.